The van der Waals surface area contributed by atoms with Gasteiger partial charge >= 0.3 is 0 Å². The van der Waals surface area contributed by atoms with Gasteiger partial charge in [0, 0.05) is 12.6 Å². The summed E-state index contributed by atoms with van der Waals surface area (Å²) in [6.45, 7) is 6.02. The molecule has 3 nitrogen and oxygen atoms in total. The lowest BCUT2D eigenvalue weighted by Gasteiger charge is -2.19. The summed E-state index contributed by atoms with van der Waals surface area (Å²) in [5, 5.41) is 8.82. The van der Waals surface area contributed by atoms with Gasteiger partial charge in [0.25, 0.3) is 0 Å². The highest BCUT2D eigenvalue weighted by molar-refractivity contribution is 5.30. The lowest BCUT2D eigenvalue weighted by atomic mass is 10.00. The molecule has 0 saturated carbocycles. The smallest absolute Gasteiger partial charge is 0.0558 e. The first-order chi connectivity index (χ1) is 8.02. The van der Waals surface area contributed by atoms with Crippen molar-refractivity contribution in [1.29, 1.82) is 0 Å². The molecule has 0 bridgehead atoms. The van der Waals surface area contributed by atoms with Crippen LogP contribution in [-0.4, -0.2) is 36.8 Å². The maximum absolute atomic E-state index is 8.82. The summed E-state index contributed by atoms with van der Waals surface area (Å²) < 4.78 is 0. The predicted molar refractivity (Wildman–Crippen MR) is 72.0 cm³/mol. The van der Waals surface area contributed by atoms with Gasteiger partial charge in [-0.25, -0.2) is 0 Å². The van der Waals surface area contributed by atoms with Gasteiger partial charge in [0.1, 0.15) is 0 Å². The van der Waals surface area contributed by atoms with E-state index in [2.05, 4.69) is 36.9 Å². The molecule has 1 atom stereocenters. The summed E-state index contributed by atoms with van der Waals surface area (Å²) in [7, 11) is 2.00. The van der Waals surface area contributed by atoms with Gasteiger partial charge in [0.05, 0.1) is 6.61 Å². The van der Waals surface area contributed by atoms with E-state index in [1.54, 1.807) is 0 Å². The van der Waals surface area contributed by atoms with Gasteiger partial charge in [-0.3, -0.25) is 0 Å². The Bertz CT molecular complexity index is 332. The molecule has 1 aromatic rings. The van der Waals surface area contributed by atoms with Crippen LogP contribution in [0.2, 0.25) is 0 Å². The Morgan fingerprint density at radius 1 is 1.18 bits per heavy atom. The molecular weight excluding hydrogens is 212 g/mol. The molecule has 3 heteroatoms. The number of benzene rings is 1. The van der Waals surface area contributed by atoms with Crippen LogP contribution in [-0.2, 0) is 0 Å². The Morgan fingerprint density at radius 2 is 1.76 bits per heavy atom. The second-order valence-corrected chi connectivity index (χ2v) is 4.84. The summed E-state index contributed by atoms with van der Waals surface area (Å²) in [6, 6.07) is 6.55. The number of rotatable bonds is 6. The zero-order valence-electron chi connectivity index (χ0n) is 11.1. The Balaban J connectivity index is 2.54. The first-order valence-electron chi connectivity index (χ1n) is 6.16. The van der Waals surface area contributed by atoms with Gasteiger partial charge < -0.3 is 15.7 Å². The maximum atomic E-state index is 8.82. The molecule has 96 valence electrons. The molecule has 0 fully saturated rings. The van der Waals surface area contributed by atoms with Crippen LogP contribution in [0.15, 0.2) is 18.2 Å². The SMILES string of the molecule is Cc1cc(C)cc(C(N)CCN(C)CCO)c1. The number of aliphatic hydroxyl groups excluding tert-OH is 1. The first-order valence-corrected chi connectivity index (χ1v) is 6.16. The van der Waals surface area contributed by atoms with Gasteiger partial charge in [-0.05, 0) is 39.4 Å². The van der Waals surface area contributed by atoms with Crippen molar-refractivity contribution in [2.45, 2.75) is 26.3 Å². The Morgan fingerprint density at radius 3 is 2.29 bits per heavy atom. The molecule has 1 unspecified atom stereocenters. The van der Waals surface area contributed by atoms with E-state index < -0.39 is 0 Å². The molecule has 0 radical (unpaired) electrons. The molecule has 0 saturated heterocycles. The minimum Gasteiger partial charge on any atom is -0.395 e. The first kappa shape index (κ1) is 14.2. The Hall–Kier alpha value is -0.900. The lowest BCUT2D eigenvalue weighted by Crippen LogP contribution is -2.26. The quantitative estimate of drug-likeness (QED) is 0.789. The van der Waals surface area contributed by atoms with Crippen LogP contribution in [0.25, 0.3) is 0 Å². The maximum Gasteiger partial charge on any atom is 0.0558 e. The van der Waals surface area contributed by atoms with Crippen molar-refractivity contribution in [2.24, 2.45) is 5.73 Å². The summed E-state index contributed by atoms with van der Waals surface area (Å²) in [4.78, 5) is 2.10. The van der Waals surface area contributed by atoms with Crippen molar-refractivity contribution in [3.05, 3.63) is 34.9 Å². The minimum atomic E-state index is 0.0785. The number of hydrogen-bond acceptors (Lipinski definition) is 3. The van der Waals surface area contributed by atoms with Crippen molar-refractivity contribution in [1.82, 2.24) is 4.90 Å². The van der Waals surface area contributed by atoms with Crippen LogP contribution >= 0.6 is 0 Å². The highest BCUT2D eigenvalue weighted by Crippen LogP contribution is 2.17. The molecule has 0 aliphatic heterocycles. The van der Waals surface area contributed by atoms with E-state index in [0.29, 0.717) is 6.54 Å². The normalized spacial score (nSPS) is 13.1. The van der Waals surface area contributed by atoms with Gasteiger partial charge in [0.15, 0.2) is 0 Å². The molecule has 1 aromatic carbocycles. The molecule has 0 aromatic heterocycles. The van der Waals surface area contributed by atoms with Crippen molar-refractivity contribution < 1.29 is 5.11 Å². The lowest BCUT2D eigenvalue weighted by molar-refractivity contribution is 0.217. The fourth-order valence-electron chi connectivity index (χ4n) is 2.03. The highest BCUT2D eigenvalue weighted by atomic mass is 16.3. The average Bonchev–Trinajstić information content (AvgIpc) is 2.25. The topological polar surface area (TPSA) is 49.5 Å². The monoisotopic (exact) mass is 236 g/mol. The zero-order valence-corrected chi connectivity index (χ0v) is 11.1. The number of likely N-dealkylation sites (N-methyl/N-ethyl adjacent to an activating group) is 1. The van der Waals surface area contributed by atoms with E-state index in [-0.39, 0.29) is 12.6 Å². The van der Waals surface area contributed by atoms with E-state index in [4.69, 9.17) is 10.8 Å². The van der Waals surface area contributed by atoms with Gasteiger partial charge in [0.2, 0.25) is 0 Å². The largest absolute Gasteiger partial charge is 0.395 e. The summed E-state index contributed by atoms with van der Waals surface area (Å²) in [6.07, 6.45) is 0.916. The van der Waals surface area contributed by atoms with Crippen LogP contribution in [0.4, 0.5) is 0 Å². The van der Waals surface area contributed by atoms with Gasteiger partial charge in [-0.1, -0.05) is 29.3 Å². The van der Waals surface area contributed by atoms with E-state index in [9.17, 15) is 0 Å². The fraction of sp³-hybridized carbons (Fsp3) is 0.571. The third kappa shape index (κ3) is 4.86. The van der Waals surface area contributed by atoms with Crippen molar-refractivity contribution >= 4 is 0 Å². The van der Waals surface area contributed by atoms with Crippen LogP contribution < -0.4 is 5.73 Å². The molecule has 0 amide bonds. The summed E-state index contributed by atoms with van der Waals surface area (Å²) in [5.41, 5.74) is 9.92. The van der Waals surface area contributed by atoms with Crippen molar-refractivity contribution in [3.8, 4) is 0 Å². The average molecular weight is 236 g/mol. The molecule has 0 aliphatic carbocycles. The molecule has 3 N–H and O–H groups in total. The second-order valence-electron chi connectivity index (χ2n) is 4.84. The van der Waals surface area contributed by atoms with E-state index >= 15 is 0 Å². The van der Waals surface area contributed by atoms with E-state index in [1.165, 1.54) is 16.7 Å². The Kier molecular flexibility index (Phi) is 5.62. The van der Waals surface area contributed by atoms with Crippen LogP contribution in [0.3, 0.4) is 0 Å². The number of nitrogens with two attached hydrogens (primary N) is 1. The van der Waals surface area contributed by atoms with Crippen LogP contribution in [0, 0.1) is 13.8 Å². The highest BCUT2D eigenvalue weighted by Gasteiger charge is 2.08. The number of hydrogen-bond donors (Lipinski definition) is 2. The van der Waals surface area contributed by atoms with E-state index in [1.807, 2.05) is 7.05 Å². The van der Waals surface area contributed by atoms with Gasteiger partial charge in [-0.2, -0.15) is 0 Å². The minimum absolute atomic E-state index is 0.0785. The standard InChI is InChI=1S/C14H24N2O/c1-11-8-12(2)10-13(9-11)14(15)4-5-16(3)6-7-17/h8-10,14,17H,4-7,15H2,1-3H3. The van der Waals surface area contributed by atoms with Crippen molar-refractivity contribution in [3.63, 3.8) is 0 Å². The molecule has 0 aliphatic rings. The summed E-state index contributed by atoms with van der Waals surface area (Å²) in [5.74, 6) is 0. The Labute approximate surface area is 104 Å². The molecule has 17 heavy (non-hydrogen) atoms. The molecule has 0 heterocycles. The second kappa shape index (κ2) is 6.74. The zero-order chi connectivity index (χ0) is 12.8. The molecule has 1 rings (SSSR count). The number of nitrogens with zero attached hydrogens (tertiary/aromatic N) is 1. The van der Waals surface area contributed by atoms with E-state index in [0.717, 1.165) is 13.0 Å². The number of aliphatic hydroxyl groups is 1. The van der Waals surface area contributed by atoms with Crippen molar-refractivity contribution in [2.75, 3.05) is 26.7 Å². The molecule has 0 spiro atoms. The number of aryl methyl sites for hydroxylation is 2. The fourth-order valence-corrected chi connectivity index (χ4v) is 2.03. The van der Waals surface area contributed by atoms with Crippen LogP contribution in [0.1, 0.15) is 29.2 Å². The third-order valence-corrected chi connectivity index (χ3v) is 2.98. The van der Waals surface area contributed by atoms with Crippen LogP contribution in [0.5, 0.6) is 0 Å². The predicted octanol–water partition coefficient (Wildman–Crippen LogP) is 1.62. The summed E-state index contributed by atoms with van der Waals surface area (Å²) >= 11 is 0. The molecular formula is C14H24N2O. The third-order valence-electron chi connectivity index (χ3n) is 2.98. The van der Waals surface area contributed by atoms with Gasteiger partial charge in [-0.15, -0.1) is 0 Å².